The third-order valence-electron chi connectivity index (χ3n) is 8.60. The maximum Gasteiger partial charge on any atom is 0.227 e. The molecule has 1 atom stereocenters. The first kappa shape index (κ1) is 23.8. The highest BCUT2D eigenvalue weighted by atomic mass is 16.2. The van der Waals surface area contributed by atoms with Crippen LogP contribution >= 0.6 is 0 Å². The largest absolute Gasteiger partial charge is 0.336 e. The Bertz CT molecular complexity index is 936. The summed E-state index contributed by atoms with van der Waals surface area (Å²) < 4.78 is 2.39. The second kappa shape index (κ2) is 10.8. The summed E-state index contributed by atoms with van der Waals surface area (Å²) in [6.45, 7) is 7.27. The molecule has 0 radical (unpaired) electrons. The van der Waals surface area contributed by atoms with Crippen molar-refractivity contribution < 1.29 is 4.79 Å². The van der Waals surface area contributed by atoms with Crippen LogP contribution in [0.25, 0.3) is 11.0 Å². The molecule has 3 aliphatic rings. The molecule has 0 bridgehead atoms. The number of rotatable bonds is 6. The van der Waals surface area contributed by atoms with E-state index in [1.165, 1.54) is 69.7 Å². The molecule has 0 spiro atoms. The van der Waals surface area contributed by atoms with Crippen LogP contribution in [0.5, 0.6) is 0 Å². The van der Waals surface area contributed by atoms with Crippen LogP contribution < -0.4 is 0 Å². The molecular weight excluding hydrogens is 420 g/mol. The van der Waals surface area contributed by atoms with E-state index < -0.39 is 0 Å². The highest BCUT2D eigenvalue weighted by Crippen LogP contribution is 2.33. The number of piperidine rings is 1. The molecule has 1 aliphatic heterocycles. The number of para-hydroxylation sites is 2. The summed E-state index contributed by atoms with van der Waals surface area (Å²) in [7, 11) is 0. The standard InChI is InChI=1S/C29H44N4O/c1-22(2)32-27-18-10-9-17-26(27)30-28(32)21-31-19-11-12-23(20-31)29(34)33(24-13-5-3-6-14-24)25-15-7-4-8-16-25/h9-10,17-18,22-25H,3-8,11-16,19-21H2,1-2H3/t23-/m0/s1. The number of benzene rings is 1. The van der Waals surface area contributed by atoms with E-state index in [4.69, 9.17) is 4.98 Å². The summed E-state index contributed by atoms with van der Waals surface area (Å²) in [5.41, 5.74) is 2.30. The Morgan fingerprint density at radius 2 is 1.59 bits per heavy atom. The number of carbonyl (C=O) groups is 1. The lowest BCUT2D eigenvalue weighted by Gasteiger charge is -2.44. The van der Waals surface area contributed by atoms with Gasteiger partial charge in [0.15, 0.2) is 0 Å². The molecule has 2 aliphatic carbocycles. The fraction of sp³-hybridized carbons (Fsp3) is 0.724. The van der Waals surface area contributed by atoms with Crippen LogP contribution in [0, 0.1) is 5.92 Å². The molecule has 1 aromatic carbocycles. The molecule has 5 heteroatoms. The van der Waals surface area contributed by atoms with Crippen molar-refractivity contribution in [3.8, 4) is 0 Å². The second-order valence-corrected chi connectivity index (χ2v) is 11.4. The highest BCUT2D eigenvalue weighted by molar-refractivity contribution is 5.80. The molecule has 5 nitrogen and oxygen atoms in total. The molecule has 186 valence electrons. The average molecular weight is 465 g/mol. The molecule has 0 N–H and O–H groups in total. The highest BCUT2D eigenvalue weighted by Gasteiger charge is 2.37. The van der Waals surface area contributed by atoms with Gasteiger partial charge in [-0.2, -0.15) is 0 Å². The van der Waals surface area contributed by atoms with Gasteiger partial charge in [-0.3, -0.25) is 9.69 Å². The summed E-state index contributed by atoms with van der Waals surface area (Å²) in [4.78, 5) is 24.0. The number of likely N-dealkylation sites (tertiary alicyclic amines) is 1. The maximum atomic E-state index is 14.1. The lowest BCUT2D eigenvalue weighted by molar-refractivity contribution is -0.144. The van der Waals surface area contributed by atoms with Crippen LogP contribution in [-0.2, 0) is 11.3 Å². The first-order chi connectivity index (χ1) is 16.6. The summed E-state index contributed by atoms with van der Waals surface area (Å²) in [5.74, 6) is 1.76. The minimum Gasteiger partial charge on any atom is -0.336 e. The van der Waals surface area contributed by atoms with Gasteiger partial charge >= 0.3 is 0 Å². The van der Waals surface area contributed by atoms with Crippen molar-refractivity contribution in [3.05, 3.63) is 30.1 Å². The van der Waals surface area contributed by atoms with Crippen molar-refractivity contribution in [1.82, 2.24) is 19.4 Å². The Morgan fingerprint density at radius 1 is 0.941 bits per heavy atom. The molecule has 2 saturated carbocycles. The predicted octanol–water partition coefficient (Wildman–Crippen LogP) is 6.32. The molecule has 2 aromatic rings. The summed E-state index contributed by atoms with van der Waals surface area (Å²) in [6.07, 6.45) is 14.9. The van der Waals surface area contributed by atoms with Crippen molar-refractivity contribution in [2.75, 3.05) is 13.1 Å². The summed E-state index contributed by atoms with van der Waals surface area (Å²) in [5, 5.41) is 0. The zero-order chi connectivity index (χ0) is 23.5. The van der Waals surface area contributed by atoms with Crippen molar-refractivity contribution in [2.24, 2.45) is 5.92 Å². The van der Waals surface area contributed by atoms with Crippen LogP contribution in [0.2, 0.25) is 0 Å². The van der Waals surface area contributed by atoms with Crippen LogP contribution in [0.1, 0.15) is 103 Å². The van der Waals surface area contributed by atoms with Crippen LogP contribution in [0.4, 0.5) is 0 Å². The molecule has 0 unspecified atom stereocenters. The van der Waals surface area contributed by atoms with E-state index >= 15 is 0 Å². The second-order valence-electron chi connectivity index (χ2n) is 11.4. The van der Waals surface area contributed by atoms with E-state index in [1.807, 2.05) is 0 Å². The molecule has 1 amide bonds. The lowest BCUT2D eigenvalue weighted by atomic mass is 9.86. The van der Waals surface area contributed by atoms with E-state index in [9.17, 15) is 4.79 Å². The third-order valence-corrected chi connectivity index (χ3v) is 8.60. The molecule has 1 aromatic heterocycles. The van der Waals surface area contributed by atoms with Gasteiger partial charge in [0, 0.05) is 24.7 Å². The van der Waals surface area contributed by atoms with Crippen molar-refractivity contribution in [2.45, 2.75) is 116 Å². The molecule has 1 saturated heterocycles. The number of aromatic nitrogens is 2. The van der Waals surface area contributed by atoms with Crippen molar-refractivity contribution >= 4 is 16.9 Å². The minimum atomic E-state index is 0.148. The Balaban J connectivity index is 1.32. The number of amides is 1. The predicted molar refractivity (Wildman–Crippen MR) is 139 cm³/mol. The maximum absolute atomic E-state index is 14.1. The van der Waals surface area contributed by atoms with Crippen LogP contribution in [0.3, 0.4) is 0 Å². The smallest absolute Gasteiger partial charge is 0.227 e. The van der Waals surface area contributed by atoms with Gasteiger partial charge in [-0.05, 0) is 71.0 Å². The SMILES string of the molecule is CC(C)n1c(CN2CCC[C@H](C(=O)N(C3CCCCC3)C3CCCCC3)C2)nc2ccccc21. The zero-order valence-electron chi connectivity index (χ0n) is 21.4. The van der Waals surface area contributed by atoms with Gasteiger partial charge in [-0.25, -0.2) is 4.98 Å². The van der Waals surface area contributed by atoms with Gasteiger partial charge in [0.1, 0.15) is 5.82 Å². The monoisotopic (exact) mass is 464 g/mol. The van der Waals surface area contributed by atoms with Crippen LogP contribution in [0.15, 0.2) is 24.3 Å². The number of nitrogens with zero attached hydrogens (tertiary/aromatic N) is 4. The first-order valence-corrected chi connectivity index (χ1v) is 14.1. The van der Waals surface area contributed by atoms with Gasteiger partial charge in [0.25, 0.3) is 0 Å². The van der Waals surface area contributed by atoms with Gasteiger partial charge in [-0.1, -0.05) is 50.7 Å². The van der Waals surface area contributed by atoms with Crippen molar-refractivity contribution in [3.63, 3.8) is 0 Å². The molecule has 5 rings (SSSR count). The number of carbonyl (C=O) groups excluding carboxylic acids is 1. The van der Waals surface area contributed by atoms with Gasteiger partial charge in [0.05, 0.1) is 23.5 Å². The summed E-state index contributed by atoms with van der Waals surface area (Å²) >= 11 is 0. The molecule has 2 heterocycles. The van der Waals surface area contributed by atoms with E-state index in [0.717, 1.165) is 43.8 Å². The average Bonchev–Trinajstić information content (AvgIpc) is 3.23. The van der Waals surface area contributed by atoms with E-state index in [0.29, 0.717) is 24.0 Å². The normalized spacial score (nSPS) is 23.6. The van der Waals surface area contributed by atoms with Gasteiger partial charge < -0.3 is 9.47 Å². The number of hydrogen-bond donors (Lipinski definition) is 0. The van der Waals surface area contributed by atoms with E-state index in [2.05, 4.69) is 52.5 Å². The molecular formula is C29H44N4O. The Hall–Kier alpha value is -1.88. The number of hydrogen-bond acceptors (Lipinski definition) is 3. The first-order valence-electron chi connectivity index (χ1n) is 14.1. The fourth-order valence-corrected chi connectivity index (χ4v) is 6.97. The summed E-state index contributed by atoms with van der Waals surface area (Å²) in [6, 6.07) is 9.83. The quantitative estimate of drug-likeness (QED) is 0.502. The number of fused-ring (bicyclic) bond motifs is 1. The third kappa shape index (κ3) is 5.05. The fourth-order valence-electron chi connectivity index (χ4n) is 6.97. The lowest BCUT2D eigenvalue weighted by Crippen LogP contribution is -2.53. The number of imidazole rings is 1. The van der Waals surface area contributed by atoms with E-state index in [-0.39, 0.29) is 5.92 Å². The zero-order valence-corrected chi connectivity index (χ0v) is 21.4. The topological polar surface area (TPSA) is 41.4 Å². The Morgan fingerprint density at radius 3 is 2.24 bits per heavy atom. The Kier molecular flexibility index (Phi) is 7.58. The molecule has 34 heavy (non-hydrogen) atoms. The van der Waals surface area contributed by atoms with Crippen molar-refractivity contribution in [1.29, 1.82) is 0 Å². The minimum absolute atomic E-state index is 0.148. The van der Waals surface area contributed by atoms with Gasteiger partial charge in [-0.15, -0.1) is 0 Å². The van der Waals surface area contributed by atoms with Gasteiger partial charge in [0.2, 0.25) is 5.91 Å². The van der Waals surface area contributed by atoms with E-state index in [1.54, 1.807) is 0 Å². The Labute approximate surface area is 205 Å². The molecule has 3 fully saturated rings. The van der Waals surface area contributed by atoms with Crippen LogP contribution in [-0.4, -0.2) is 50.4 Å².